The predicted molar refractivity (Wildman–Crippen MR) is 159 cm³/mol. The van der Waals surface area contributed by atoms with Crippen molar-refractivity contribution < 1.29 is 17.6 Å². The van der Waals surface area contributed by atoms with Gasteiger partial charge in [-0.1, -0.05) is 85.3 Å². The molecule has 1 heterocycles. The monoisotopic (exact) mass is 558 g/mol. The Morgan fingerprint density at radius 2 is 1.39 bits per heavy atom. The molecule has 220 valence electrons. The number of halogens is 4. The Balaban J connectivity index is 0.000000384. The van der Waals surface area contributed by atoms with Gasteiger partial charge in [0, 0.05) is 6.92 Å². The van der Waals surface area contributed by atoms with Crippen LogP contribution < -0.4 is 0 Å². The van der Waals surface area contributed by atoms with Crippen LogP contribution >= 0.6 is 8.58 Å². The summed E-state index contributed by atoms with van der Waals surface area (Å²) in [5.74, 6) is -5.36. The smallest absolute Gasteiger partial charge is 0.200 e. The second-order valence-corrected chi connectivity index (χ2v) is 14.0. The van der Waals surface area contributed by atoms with Crippen LogP contribution in [0.15, 0.2) is 12.1 Å². The van der Waals surface area contributed by atoms with Gasteiger partial charge in [-0.25, -0.2) is 8.78 Å². The average Bonchev–Trinajstić information content (AvgIpc) is 3.65. The molecule has 0 nitrogen and oxygen atoms in total. The third kappa shape index (κ3) is 8.20. The van der Waals surface area contributed by atoms with Crippen LogP contribution in [0.2, 0.25) is 0 Å². The van der Waals surface area contributed by atoms with Gasteiger partial charge in [0.25, 0.3) is 0 Å². The minimum atomic E-state index is -3.88. The molecular weight excluding hydrogens is 503 g/mol. The summed E-state index contributed by atoms with van der Waals surface area (Å²) in [6.07, 6.45) is 17.9. The first kappa shape index (κ1) is 33.6. The molecule has 3 atom stereocenters. The zero-order valence-corrected chi connectivity index (χ0v) is 26.3. The van der Waals surface area contributed by atoms with E-state index in [9.17, 15) is 17.6 Å². The van der Waals surface area contributed by atoms with Crippen LogP contribution in [0.4, 0.5) is 17.6 Å². The van der Waals surface area contributed by atoms with E-state index in [2.05, 4.69) is 46.8 Å². The molecule has 0 spiro atoms. The zero-order chi connectivity index (χ0) is 28.6. The highest BCUT2D eigenvalue weighted by atomic mass is 31.1. The zero-order valence-electron chi connectivity index (χ0n) is 25.3. The number of alkyl halides is 4. The summed E-state index contributed by atoms with van der Waals surface area (Å²) in [6, 6.07) is 5.36. The Kier molecular flexibility index (Phi) is 13.1. The fraction of sp³-hybridized carbons (Fsp3) is 0.818. The summed E-state index contributed by atoms with van der Waals surface area (Å²) >= 11 is 0. The van der Waals surface area contributed by atoms with E-state index in [1.807, 2.05) is 0 Å². The average molecular weight is 559 g/mol. The molecule has 2 aliphatic rings. The van der Waals surface area contributed by atoms with Crippen LogP contribution in [0, 0.1) is 0 Å². The van der Waals surface area contributed by atoms with Crippen LogP contribution in [0.1, 0.15) is 166 Å². The standard InChI is InChI=1S/C27H46.C6H9F4P/c1-6-14-21(9-4)26-19-24(22(15-7-2)16-8-3)20-27(25(26)10-5)23-17-12-11-13-18-23;1-4(3-11-4)6(9,10)5(2,7)8/h19-23H,6-18H2,1-5H3;11H,3H2,1-2H3. The Hall–Kier alpha value is -0.630. The Morgan fingerprint density at radius 3 is 1.79 bits per heavy atom. The van der Waals surface area contributed by atoms with Gasteiger partial charge in [0.05, 0.1) is 5.16 Å². The Morgan fingerprint density at radius 1 is 0.868 bits per heavy atom. The fourth-order valence-electron chi connectivity index (χ4n) is 6.47. The van der Waals surface area contributed by atoms with Crippen molar-refractivity contribution in [2.75, 3.05) is 6.16 Å². The van der Waals surface area contributed by atoms with Crippen molar-refractivity contribution in [1.29, 1.82) is 0 Å². The maximum Gasteiger partial charge on any atom is 0.319 e. The lowest BCUT2D eigenvalue weighted by atomic mass is 9.75. The minimum Gasteiger partial charge on any atom is -0.200 e. The van der Waals surface area contributed by atoms with E-state index in [-0.39, 0.29) is 21.7 Å². The van der Waals surface area contributed by atoms with Gasteiger partial charge in [0.15, 0.2) is 0 Å². The summed E-state index contributed by atoms with van der Waals surface area (Å²) in [6.45, 7) is 13.4. The molecule has 1 aliphatic carbocycles. The molecule has 0 amide bonds. The summed E-state index contributed by atoms with van der Waals surface area (Å²) in [5.41, 5.74) is 6.91. The van der Waals surface area contributed by atoms with Crippen molar-refractivity contribution in [3.8, 4) is 0 Å². The Bertz CT molecular complexity index is 795. The quantitative estimate of drug-likeness (QED) is 0.167. The van der Waals surface area contributed by atoms with Crippen molar-refractivity contribution in [2.24, 2.45) is 0 Å². The van der Waals surface area contributed by atoms with Gasteiger partial charge in [-0.05, 0) is 98.0 Å². The van der Waals surface area contributed by atoms with Gasteiger partial charge in [-0.3, -0.25) is 0 Å². The van der Waals surface area contributed by atoms with Crippen molar-refractivity contribution >= 4 is 8.58 Å². The third-order valence-corrected chi connectivity index (χ3v) is 10.7. The second kappa shape index (κ2) is 14.8. The molecule has 2 fully saturated rings. The minimum absolute atomic E-state index is 0.0277. The SMILES string of the molecule is CC(F)(F)C(F)(F)C1(C)CP1.CCCC(CCC)c1cc(C(CC)CCC)c(CC)c(C2CCCCC2)c1. The molecule has 3 unspecified atom stereocenters. The third-order valence-electron chi connectivity index (χ3n) is 9.01. The number of hydrogen-bond acceptors (Lipinski definition) is 0. The van der Waals surface area contributed by atoms with Gasteiger partial charge in [0.1, 0.15) is 0 Å². The molecule has 0 aromatic heterocycles. The van der Waals surface area contributed by atoms with Crippen LogP contribution in [-0.2, 0) is 6.42 Å². The van der Waals surface area contributed by atoms with E-state index >= 15 is 0 Å². The molecule has 0 radical (unpaired) electrons. The van der Waals surface area contributed by atoms with Crippen LogP contribution in [0.25, 0.3) is 0 Å². The first-order chi connectivity index (χ1) is 17.9. The van der Waals surface area contributed by atoms with Gasteiger partial charge >= 0.3 is 11.8 Å². The number of hydrogen-bond donors (Lipinski definition) is 0. The van der Waals surface area contributed by atoms with Crippen LogP contribution in [0.3, 0.4) is 0 Å². The molecule has 1 aromatic rings. The maximum atomic E-state index is 12.8. The maximum absolute atomic E-state index is 12.8. The van der Waals surface area contributed by atoms with Crippen LogP contribution in [-0.4, -0.2) is 23.2 Å². The first-order valence-electron chi connectivity index (χ1n) is 15.6. The lowest BCUT2D eigenvalue weighted by Gasteiger charge is -2.30. The summed E-state index contributed by atoms with van der Waals surface area (Å²) in [4.78, 5) is 0. The lowest BCUT2D eigenvalue weighted by molar-refractivity contribution is -0.206. The highest BCUT2D eigenvalue weighted by Gasteiger charge is 2.69. The molecule has 1 saturated heterocycles. The van der Waals surface area contributed by atoms with Crippen molar-refractivity contribution in [1.82, 2.24) is 0 Å². The van der Waals surface area contributed by atoms with E-state index in [1.54, 1.807) is 22.3 Å². The fourth-order valence-corrected chi connectivity index (χ4v) is 7.40. The van der Waals surface area contributed by atoms with E-state index in [0.717, 1.165) is 17.8 Å². The highest BCUT2D eigenvalue weighted by molar-refractivity contribution is 7.49. The van der Waals surface area contributed by atoms with Gasteiger partial charge in [-0.15, -0.1) is 8.58 Å². The highest BCUT2D eigenvalue weighted by Crippen LogP contribution is 2.64. The largest absolute Gasteiger partial charge is 0.319 e. The van der Waals surface area contributed by atoms with Gasteiger partial charge in [-0.2, -0.15) is 8.78 Å². The molecule has 5 heteroatoms. The molecule has 0 bridgehead atoms. The molecule has 3 rings (SSSR count). The van der Waals surface area contributed by atoms with Gasteiger partial charge < -0.3 is 0 Å². The molecular formula is C33H55F4P. The topological polar surface area (TPSA) is 0 Å². The molecule has 1 aromatic carbocycles. The predicted octanol–water partition coefficient (Wildman–Crippen LogP) is 12.0. The molecule has 38 heavy (non-hydrogen) atoms. The van der Waals surface area contributed by atoms with E-state index in [0.29, 0.717) is 0 Å². The summed E-state index contributed by atoms with van der Waals surface area (Å²) in [7, 11) is -0.0277. The van der Waals surface area contributed by atoms with Crippen molar-refractivity contribution in [2.45, 2.75) is 167 Å². The van der Waals surface area contributed by atoms with Gasteiger partial charge in [0.2, 0.25) is 0 Å². The molecule has 0 N–H and O–H groups in total. The number of benzene rings is 1. The molecule has 1 saturated carbocycles. The second-order valence-electron chi connectivity index (χ2n) is 12.2. The van der Waals surface area contributed by atoms with Crippen molar-refractivity contribution in [3.63, 3.8) is 0 Å². The van der Waals surface area contributed by atoms with E-state index in [4.69, 9.17) is 0 Å². The van der Waals surface area contributed by atoms with E-state index in [1.165, 1.54) is 90.4 Å². The summed E-state index contributed by atoms with van der Waals surface area (Å²) in [5, 5.41) is -1.43. The van der Waals surface area contributed by atoms with E-state index < -0.39 is 17.0 Å². The lowest BCUT2D eigenvalue weighted by Crippen LogP contribution is -2.47. The molecule has 1 aliphatic heterocycles. The first-order valence-corrected chi connectivity index (χ1v) is 16.8. The Labute approximate surface area is 233 Å². The summed E-state index contributed by atoms with van der Waals surface area (Å²) < 4.78 is 50.1. The van der Waals surface area contributed by atoms with Crippen LogP contribution in [0.5, 0.6) is 0 Å². The normalized spacial score (nSPS) is 21.9. The number of rotatable bonds is 13. The van der Waals surface area contributed by atoms with Crippen molar-refractivity contribution in [3.05, 3.63) is 34.4 Å².